The van der Waals surface area contributed by atoms with Gasteiger partial charge in [-0.2, -0.15) is 0 Å². The van der Waals surface area contributed by atoms with Crippen LogP contribution in [0.1, 0.15) is 59.3 Å². The van der Waals surface area contributed by atoms with Gasteiger partial charge >= 0.3 is 0 Å². The van der Waals surface area contributed by atoms with Crippen LogP contribution in [-0.4, -0.2) is 30.7 Å². The molecule has 1 amide bonds. The van der Waals surface area contributed by atoms with E-state index >= 15 is 0 Å². The van der Waals surface area contributed by atoms with E-state index in [0.717, 1.165) is 19.3 Å². The summed E-state index contributed by atoms with van der Waals surface area (Å²) in [4.78, 5) is 12.4. The van der Waals surface area contributed by atoms with Gasteiger partial charge in [-0.25, -0.2) is 0 Å². The lowest BCUT2D eigenvalue weighted by Gasteiger charge is -2.41. The highest BCUT2D eigenvalue weighted by Crippen LogP contribution is 2.38. The molecule has 1 saturated heterocycles. The van der Waals surface area contributed by atoms with Crippen molar-refractivity contribution in [2.75, 3.05) is 6.54 Å². The van der Waals surface area contributed by atoms with Gasteiger partial charge in [-0.05, 0) is 37.0 Å². The third-order valence-electron chi connectivity index (χ3n) is 4.87. The van der Waals surface area contributed by atoms with Gasteiger partial charge in [0.05, 0.1) is 6.10 Å². The van der Waals surface area contributed by atoms with Crippen molar-refractivity contribution in [1.29, 1.82) is 0 Å². The van der Waals surface area contributed by atoms with E-state index in [1.807, 2.05) is 0 Å². The molecule has 0 radical (unpaired) electrons. The molecule has 1 aliphatic heterocycles. The van der Waals surface area contributed by atoms with Gasteiger partial charge < -0.3 is 15.8 Å². The maximum atomic E-state index is 12.4. The van der Waals surface area contributed by atoms with Crippen molar-refractivity contribution in [3.8, 4) is 0 Å². The molecule has 1 aliphatic carbocycles. The first kappa shape index (κ1) is 15.8. The number of hydrogen-bond acceptors (Lipinski definition) is 3. The van der Waals surface area contributed by atoms with Gasteiger partial charge in [0, 0.05) is 12.6 Å². The number of carbonyl (C=O) groups is 1. The van der Waals surface area contributed by atoms with Crippen LogP contribution in [0.15, 0.2) is 0 Å². The summed E-state index contributed by atoms with van der Waals surface area (Å²) in [5.41, 5.74) is 5.85. The predicted molar refractivity (Wildman–Crippen MR) is 80.3 cm³/mol. The first-order valence-corrected chi connectivity index (χ1v) is 8.07. The first-order valence-electron chi connectivity index (χ1n) is 8.07. The molecule has 116 valence electrons. The molecule has 0 spiro atoms. The summed E-state index contributed by atoms with van der Waals surface area (Å²) in [6, 6.07) is 0.303. The first-order chi connectivity index (χ1) is 9.41. The van der Waals surface area contributed by atoms with Crippen molar-refractivity contribution >= 4 is 5.91 Å². The Labute approximate surface area is 122 Å². The van der Waals surface area contributed by atoms with Crippen molar-refractivity contribution in [2.24, 2.45) is 17.1 Å². The van der Waals surface area contributed by atoms with Crippen LogP contribution in [0.25, 0.3) is 0 Å². The second kappa shape index (κ2) is 6.44. The molecule has 20 heavy (non-hydrogen) atoms. The van der Waals surface area contributed by atoms with E-state index in [2.05, 4.69) is 26.1 Å². The number of nitrogens with one attached hydrogen (secondary N) is 1. The summed E-state index contributed by atoms with van der Waals surface area (Å²) in [7, 11) is 0. The highest BCUT2D eigenvalue weighted by molar-refractivity contribution is 5.81. The molecule has 0 aromatic carbocycles. The van der Waals surface area contributed by atoms with Crippen LogP contribution in [0.2, 0.25) is 0 Å². The molecular weight excluding hydrogens is 252 g/mol. The Morgan fingerprint density at radius 1 is 1.20 bits per heavy atom. The highest BCUT2D eigenvalue weighted by Gasteiger charge is 2.37. The summed E-state index contributed by atoms with van der Waals surface area (Å²) in [5, 5.41) is 3.26. The van der Waals surface area contributed by atoms with Crippen molar-refractivity contribution < 1.29 is 9.53 Å². The molecule has 4 nitrogen and oxygen atoms in total. The monoisotopic (exact) mass is 282 g/mol. The Hall–Kier alpha value is -0.610. The number of nitrogens with two attached hydrogens (primary N) is 1. The van der Waals surface area contributed by atoms with Crippen molar-refractivity contribution in [2.45, 2.75) is 77.5 Å². The smallest absolute Gasteiger partial charge is 0.249 e. The lowest BCUT2D eigenvalue weighted by Crippen LogP contribution is -2.49. The molecular formula is C16H30N2O2. The second-order valence-corrected chi connectivity index (χ2v) is 7.43. The Kier molecular flexibility index (Phi) is 5.08. The van der Waals surface area contributed by atoms with Crippen LogP contribution in [0.3, 0.4) is 0 Å². The third-order valence-corrected chi connectivity index (χ3v) is 4.87. The van der Waals surface area contributed by atoms with E-state index in [1.165, 1.54) is 19.3 Å². The Bertz CT molecular complexity index is 338. The fourth-order valence-corrected chi connectivity index (χ4v) is 3.69. The normalized spacial score (nSPS) is 35.0. The second-order valence-electron chi connectivity index (χ2n) is 7.43. The molecule has 3 N–H and O–H groups in total. The highest BCUT2D eigenvalue weighted by atomic mass is 16.5. The van der Waals surface area contributed by atoms with Crippen LogP contribution in [-0.2, 0) is 9.53 Å². The van der Waals surface area contributed by atoms with Crippen LogP contribution in [0.4, 0.5) is 0 Å². The summed E-state index contributed by atoms with van der Waals surface area (Å²) >= 11 is 0. The molecule has 2 aliphatic rings. The predicted octanol–water partition coefficient (Wildman–Crippen LogP) is 2.21. The lowest BCUT2D eigenvalue weighted by molar-refractivity contribution is -0.133. The number of rotatable bonds is 3. The fourth-order valence-electron chi connectivity index (χ4n) is 3.69. The maximum Gasteiger partial charge on any atom is 0.249 e. The van der Waals surface area contributed by atoms with Gasteiger partial charge in [0.1, 0.15) is 6.10 Å². The zero-order valence-electron chi connectivity index (χ0n) is 13.2. The van der Waals surface area contributed by atoms with E-state index in [1.54, 1.807) is 0 Å². The topological polar surface area (TPSA) is 64.4 Å². The molecule has 4 heteroatoms. The minimum atomic E-state index is -0.286. The summed E-state index contributed by atoms with van der Waals surface area (Å²) in [6.07, 6.45) is 6.30. The zero-order chi connectivity index (χ0) is 14.8. The van der Waals surface area contributed by atoms with Gasteiger partial charge in [0.15, 0.2) is 0 Å². The van der Waals surface area contributed by atoms with E-state index in [9.17, 15) is 4.79 Å². The molecule has 1 saturated carbocycles. The van der Waals surface area contributed by atoms with Crippen LogP contribution in [0, 0.1) is 11.3 Å². The molecule has 2 rings (SSSR count). The molecule has 2 unspecified atom stereocenters. The van der Waals surface area contributed by atoms with Crippen molar-refractivity contribution in [3.05, 3.63) is 0 Å². The largest absolute Gasteiger partial charge is 0.364 e. The maximum absolute atomic E-state index is 12.4. The molecule has 0 bridgehead atoms. The molecule has 0 aromatic heterocycles. The van der Waals surface area contributed by atoms with Gasteiger partial charge in [0.25, 0.3) is 0 Å². The van der Waals surface area contributed by atoms with E-state index in [-0.39, 0.29) is 23.5 Å². The van der Waals surface area contributed by atoms with Crippen molar-refractivity contribution in [3.63, 3.8) is 0 Å². The summed E-state index contributed by atoms with van der Waals surface area (Å²) < 4.78 is 5.70. The van der Waals surface area contributed by atoms with E-state index < -0.39 is 0 Å². The van der Waals surface area contributed by atoms with E-state index in [0.29, 0.717) is 18.5 Å². The minimum Gasteiger partial charge on any atom is -0.364 e. The van der Waals surface area contributed by atoms with Gasteiger partial charge in [0.2, 0.25) is 5.91 Å². The van der Waals surface area contributed by atoms with E-state index in [4.69, 9.17) is 10.5 Å². The van der Waals surface area contributed by atoms with Crippen molar-refractivity contribution in [1.82, 2.24) is 5.32 Å². The Balaban J connectivity index is 1.92. The summed E-state index contributed by atoms with van der Waals surface area (Å²) in [6.45, 7) is 7.34. The van der Waals surface area contributed by atoms with Crippen LogP contribution in [0.5, 0.6) is 0 Å². The zero-order valence-corrected chi connectivity index (χ0v) is 13.2. The molecule has 1 heterocycles. The Morgan fingerprint density at radius 3 is 2.50 bits per heavy atom. The third kappa shape index (κ3) is 3.73. The minimum absolute atomic E-state index is 0.0653. The summed E-state index contributed by atoms with van der Waals surface area (Å²) in [5.74, 6) is 0.633. The average molecular weight is 282 g/mol. The van der Waals surface area contributed by atoms with Crippen LogP contribution >= 0.6 is 0 Å². The number of carbonyl (C=O) groups excluding carboxylic acids is 1. The molecule has 2 fully saturated rings. The average Bonchev–Trinajstić information content (AvgIpc) is 2.87. The van der Waals surface area contributed by atoms with Gasteiger partial charge in [-0.15, -0.1) is 0 Å². The quantitative estimate of drug-likeness (QED) is 0.834. The standard InChI is InChI=1S/C16H30N2O2/c1-16(2,3)12-6-4-5-7-13(12)18-15(19)14-9-8-11(10-17)20-14/h11-14H,4-10,17H2,1-3H3,(H,18,19)/t11-,12?,13?,14+/m1/s1. The van der Waals surface area contributed by atoms with Gasteiger partial charge in [-0.1, -0.05) is 33.6 Å². The lowest BCUT2D eigenvalue weighted by atomic mass is 9.69. The fraction of sp³-hybridized carbons (Fsp3) is 0.938. The number of amides is 1. The SMILES string of the molecule is CC(C)(C)C1CCCCC1NC(=O)[C@@H]1CC[C@H](CN)O1. The molecule has 0 aromatic rings. The molecule has 4 atom stereocenters. The van der Waals surface area contributed by atoms with Gasteiger partial charge in [-0.3, -0.25) is 4.79 Å². The number of hydrogen-bond donors (Lipinski definition) is 2. The Morgan fingerprint density at radius 2 is 1.90 bits per heavy atom. The van der Waals surface area contributed by atoms with Crippen LogP contribution < -0.4 is 11.1 Å². The number of ether oxygens (including phenoxy) is 1.